The summed E-state index contributed by atoms with van der Waals surface area (Å²) in [5.41, 5.74) is 2.61. The van der Waals surface area contributed by atoms with Crippen LogP contribution in [0.1, 0.15) is 17.9 Å². The molecule has 2 heterocycles. The SMILES string of the molecule is COc1ccccc1[C@@H]1CC(=O)N2CN(c3ccccc3)CSC2=C1C#N. The van der Waals surface area contributed by atoms with Crippen molar-refractivity contribution in [3.63, 3.8) is 0 Å². The number of carbonyl (C=O) groups excluding carboxylic acids is 1. The van der Waals surface area contributed by atoms with Gasteiger partial charge in [0.1, 0.15) is 5.75 Å². The van der Waals surface area contributed by atoms with Crippen LogP contribution in [0.3, 0.4) is 0 Å². The number of para-hydroxylation sites is 2. The molecule has 0 N–H and O–H groups in total. The molecule has 0 aromatic heterocycles. The zero-order valence-corrected chi connectivity index (χ0v) is 15.8. The number of anilines is 1. The van der Waals surface area contributed by atoms with Crippen LogP contribution in [0.4, 0.5) is 5.69 Å². The van der Waals surface area contributed by atoms with E-state index in [1.807, 2.05) is 54.6 Å². The number of nitrogens with zero attached hydrogens (tertiary/aromatic N) is 3. The maximum absolute atomic E-state index is 13.0. The molecule has 4 rings (SSSR count). The quantitative estimate of drug-likeness (QED) is 0.812. The van der Waals surface area contributed by atoms with Gasteiger partial charge in [-0.25, -0.2) is 0 Å². The van der Waals surface area contributed by atoms with Gasteiger partial charge in [-0.1, -0.05) is 48.2 Å². The molecule has 1 amide bonds. The molecule has 6 heteroatoms. The fourth-order valence-corrected chi connectivity index (χ4v) is 4.75. The molecule has 2 aliphatic rings. The number of amides is 1. The Bertz CT molecular complexity index is 936. The molecule has 1 fully saturated rings. The molecule has 0 aliphatic carbocycles. The van der Waals surface area contributed by atoms with E-state index in [-0.39, 0.29) is 18.2 Å². The Morgan fingerprint density at radius 2 is 1.89 bits per heavy atom. The van der Waals surface area contributed by atoms with E-state index in [0.717, 1.165) is 16.3 Å². The monoisotopic (exact) mass is 377 g/mol. The lowest BCUT2D eigenvalue weighted by atomic mass is 9.86. The summed E-state index contributed by atoms with van der Waals surface area (Å²) in [7, 11) is 1.61. The van der Waals surface area contributed by atoms with Crippen molar-refractivity contribution in [3.05, 3.63) is 70.8 Å². The molecule has 0 bridgehead atoms. The van der Waals surface area contributed by atoms with Crippen LogP contribution in [0, 0.1) is 11.3 Å². The second kappa shape index (κ2) is 7.37. The fraction of sp³-hybridized carbons (Fsp3) is 0.238. The minimum absolute atomic E-state index is 0.0352. The Hall–Kier alpha value is -2.91. The number of carbonyl (C=O) groups is 1. The molecule has 0 unspecified atom stereocenters. The van der Waals surface area contributed by atoms with Crippen LogP contribution in [0.2, 0.25) is 0 Å². The summed E-state index contributed by atoms with van der Waals surface area (Å²) in [6.45, 7) is 0.467. The maximum Gasteiger partial charge on any atom is 0.229 e. The summed E-state index contributed by atoms with van der Waals surface area (Å²) in [4.78, 5) is 16.8. The highest BCUT2D eigenvalue weighted by Gasteiger charge is 2.39. The number of fused-ring (bicyclic) bond motifs is 1. The predicted octanol–water partition coefficient (Wildman–Crippen LogP) is 3.91. The molecule has 1 atom stereocenters. The highest BCUT2D eigenvalue weighted by Crippen LogP contribution is 2.45. The van der Waals surface area contributed by atoms with E-state index in [0.29, 0.717) is 23.9 Å². The van der Waals surface area contributed by atoms with Crippen LogP contribution in [-0.4, -0.2) is 30.5 Å². The number of ether oxygens (including phenoxy) is 1. The Labute approximate surface area is 162 Å². The molecule has 2 aromatic rings. The number of hydrogen-bond donors (Lipinski definition) is 0. The third-order valence-corrected chi connectivity index (χ3v) is 6.08. The molecule has 136 valence electrons. The van der Waals surface area contributed by atoms with Crippen molar-refractivity contribution in [1.82, 2.24) is 4.90 Å². The van der Waals surface area contributed by atoms with E-state index in [1.54, 1.807) is 23.8 Å². The summed E-state index contributed by atoms with van der Waals surface area (Å²) >= 11 is 1.55. The van der Waals surface area contributed by atoms with Gasteiger partial charge in [-0.05, 0) is 18.2 Å². The average Bonchev–Trinajstić information content (AvgIpc) is 2.74. The maximum atomic E-state index is 13.0. The van der Waals surface area contributed by atoms with Gasteiger partial charge < -0.3 is 9.64 Å². The molecule has 2 aliphatic heterocycles. The Morgan fingerprint density at radius 1 is 1.15 bits per heavy atom. The lowest BCUT2D eigenvalue weighted by Crippen LogP contribution is -2.47. The lowest BCUT2D eigenvalue weighted by Gasteiger charge is -2.42. The van der Waals surface area contributed by atoms with Crippen molar-refractivity contribution in [1.29, 1.82) is 5.26 Å². The summed E-state index contributed by atoms with van der Waals surface area (Å²) in [5, 5.41) is 10.7. The van der Waals surface area contributed by atoms with Gasteiger partial charge in [-0.3, -0.25) is 9.69 Å². The minimum atomic E-state index is -0.263. The molecule has 0 saturated carbocycles. The van der Waals surface area contributed by atoms with E-state index >= 15 is 0 Å². The number of allylic oxidation sites excluding steroid dienone is 1. The summed E-state index contributed by atoms with van der Waals surface area (Å²) < 4.78 is 5.47. The van der Waals surface area contributed by atoms with E-state index in [4.69, 9.17) is 4.74 Å². The number of rotatable bonds is 3. The highest BCUT2D eigenvalue weighted by molar-refractivity contribution is 8.03. The van der Waals surface area contributed by atoms with Crippen molar-refractivity contribution in [2.45, 2.75) is 12.3 Å². The first-order valence-corrected chi connectivity index (χ1v) is 9.72. The topological polar surface area (TPSA) is 56.6 Å². The smallest absolute Gasteiger partial charge is 0.229 e. The highest BCUT2D eigenvalue weighted by atomic mass is 32.2. The Morgan fingerprint density at radius 3 is 2.63 bits per heavy atom. The summed E-state index contributed by atoms with van der Waals surface area (Å²) in [6.07, 6.45) is 0.274. The van der Waals surface area contributed by atoms with E-state index in [1.165, 1.54) is 0 Å². The van der Waals surface area contributed by atoms with Gasteiger partial charge >= 0.3 is 0 Å². The number of hydrogen-bond acceptors (Lipinski definition) is 5. The molecule has 5 nitrogen and oxygen atoms in total. The average molecular weight is 377 g/mol. The van der Waals surface area contributed by atoms with Crippen LogP contribution in [0.25, 0.3) is 0 Å². The largest absolute Gasteiger partial charge is 0.496 e. The van der Waals surface area contributed by atoms with Gasteiger partial charge in [0, 0.05) is 23.6 Å². The van der Waals surface area contributed by atoms with Crippen molar-refractivity contribution >= 4 is 23.4 Å². The summed E-state index contributed by atoms with van der Waals surface area (Å²) in [6, 6.07) is 20.0. The van der Waals surface area contributed by atoms with Crippen molar-refractivity contribution in [2.24, 2.45) is 0 Å². The number of thioether (sulfide) groups is 1. The van der Waals surface area contributed by atoms with Crippen LogP contribution >= 0.6 is 11.8 Å². The molecule has 1 saturated heterocycles. The van der Waals surface area contributed by atoms with Crippen LogP contribution in [0.15, 0.2) is 65.2 Å². The first-order valence-electron chi connectivity index (χ1n) is 8.73. The van der Waals surface area contributed by atoms with Gasteiger partial charge in [0.05, 0.1) is 36.3 Å². The zero-order valence-electron chi connectivity index (χ0n) is 15.0. The van der Waals surface area contributed by atoms with Gasteiger partial charge in [-0.2, -0.15) is 5.26 Å². The molecular formula is C21H19N3O2S. The van der Waals surface area contributed by atoms with Gasteiger partial charge in [0.25, 0.3) is 0 Å². The zero-order chi connectivity index (χ0) is 18.8. The predicted molar refractivity (Wildman–Crippen MR) is 106 cm³/mol. The first kappa shape index (κ1) is 17.5. The van der Waals surface area contributed by atoms with Gasteiger partial charge in [-0.15, -0.1) is 0 Å². The number of benzene rings is 2. The molecular weight excluding hydrogens is 358 g/mol. The first-order chi connectivity index (χ1) is 13.2. The molecule has 27 heavy (non-hydrogen) atoms. The van der Waals surface area contributed by atoms with E-state index in [2.05, 4.69) is 11.0 Å². The standard InChI is InChI=1S/C21H19N3O2S/c1-26-19-10-6-5-9-16(19)17-11-20(25)24-13-23(15-7-3-2-4-8-15)14-27-21(24)18(17)12-22/h2-10,17H,11,13-14H2,1H3/t17-/m0/s1. The van der Waals surface area contributed by atoms with Crippen LogP contribution < -0.4 is 9.64 Å². The van der Waals surface area contributed by atoms with Crippen molar-refractivity contribution in [2.75, 3.05) is 24.6 Å². The van der Waals surface area contributed by atoms with Crippen LogP contribution in [0.5, 0.6) is 5.75 Å². The Kier molecular flexibility index (Phi) is 4.78. The third-order valence-electron chi connectivity index (χ3n) is 4.93. The second-order valence-corrected chi connectivity index (χ2v) is 7.37. The normalized spacial score (nSPS) is 19.6. The molecule has 0 radical (unpaired) electrons. The summed E-state index contributed by atoms with van der Waals surface area (Å²) in [5.74, 6) is 1.19. The van der Waals surface area contributed by atoms with Gasteiger partial charge in [0.15, 0.2) is 0 Å². The van der Waals surface area contributed by atoms with Crippen molar-refractivity contribution in [3.8, 4) is 11.8 Å². The molecule has 0 spiro atoms. The third kappa shape index (κ3) is 3.15. The van der Waals surface area contributed by atoms with E-state index < -0.39 is 0 Å². The fourth-order valence-electron chi connectivity index (χ4n) is 3.58. The minimum Gasteiger partial charge on any atom is -0.496 e. The van der Waals surface area contributed by atoms with E-state index in [9.17, 15) is 10.1 Å². The number of methoxy groups -OCH3 is 1. The second-order valence-electron chi connectivity index (χ2n) is 6.44. The number of nitriles is 1. The molecule has 2 aromatic carbocycles. The van der Waals surface area contributed by atoms with Gasteiger partial charge in [0.2, 0.25) is 5.91 Å². The van der Waals surface area contributed by atoms with Crippen molar-refractivity contribution < 1.29 is 9.53 Å². The lowest BCUT2D eigenvalue weighted by molar-refractivity contribution is -0.129. The van der Waals surface area contributed by atoms with Crippen LogP contribution in [-0.2, 0) is 4.79 Å². The Balaban J connectivity index is 1.70.